The van der Waals surface area contributed by atoms with Crippen molar-refractivity contribution in [2.75, 3.05) is 0 Å². The fourth-order valence-corrected chi connectivity index (χ4v) is 3.15. The standard InChI is InChI=1S/C16H21N5O2/c1-2-13-12(9-18-21-13)16(23)19-11-5-3-10(4-6-11)15-17-8-7-14(22)20-15/h7-11H,2-6H2,1H3,(H,18,21)(H,19,23)(H,17,20,22). The Morgan fingerprint density at radius 1 is 1.35 bits per heavy atom. The monoisotopic (exact) mass is 315 g/mol. The van der Waals surface area contributed by atoms with Gasteiger partial charge in [-0.2, -0.15) is 5.10 Å². The van der Waals surface area contributed by atoms with Gasteiger partial charge in [0.15, 0.2) is 0 Å². The van der Waals surface area contributed by atoms with Crippen LogP contribution in [0.25, 0.3) is 0 Å². The topological polar surface area (TPSA) is 104 Å². The Hall–Kier alpha value is -2.44. The molecule has 0 unspecified atom stereocenters. The maximum Gasteiger partial charge on any atom is 0.254 e. The summed E-state index contributed by atoms with van der Waals surface area (Å²) in [6, 6.07) is 1.58. The largest absolute Gasteiger partial charge is 0.349 e. The van der Waals surface area contributed by atoms with Gasteiger partial charge in [-0.3, -0.25) is 14.7 Å². The number of nitrogens with one attached hydrogen (secondary N) is 3. The van der Waals surface area contributed by atoms with E-state index >= 15 is 0 Å². The molecule has 1 saturated carbocycles. The van der Waals surface area contributed by atoms with Crippen molar-refractivity contribution in [2.24, 2.45) is 0 Å². The highest BCUT2D eigenvalue weighted by molar-refractivity contribution is 5.95. The molecule has 0 aliphatic heterocycles. The Bertz CT molecular complexity index is 728. The Morgan fingerprint density at radius 2 is 2.13 bits per heavy atom. The van der Waals surface area contributed by atoms with Gasteiger partial charge < -0.3 is 10.3 Å². The number of hydrogen-bond acceptors (Lipinski definition) is 4. The molecule has 2 aromatic rings. The maximum atomic E-state index is 12.3. The molecule has 1 amide bonds. The number of nitrogens with zero attached hydrogens (tertiary/aromatic N) is 2. The van der Waals surface area contributed by atoms with Gasteiger partial charge in [0.2, 0.25) is 0 Å². The number of aromatic nitrogens is 4. The third-order valence-corrected chi connectivity index (χ3v) is 4.46. The first-order valence-electron chi connectivity index (χ1n) is 8.05. The van der Waals surface area contributed by atoms with E-state index in [2.05, 4.69) is 25.5 Å². The van der Waals surface area contributed by atoms with E-state index in [4.69, 9.17) is 0 Å². The van der Waals surface area contributed by atoms with Crippen molar-refractivity contribution in [1.29, 1.82) is 0 Å². The lowest BCUT2D eigenvalue weighted by Gasteiger charge is -2.28. The highest BCUT2D eigenvalue weighted by atomic mass is 16.1. The normalized spacial score (nSPS) is 21.1. The van der Waals surface area contributed by atoms with Gasteiger partial charge >= 0.3 is 0 Å². The Kier molecular flexibility index (Phi) is 4.55. The summed E-state index contributed by atoms with van der Waals surface area (Å²) in [7, 11) is 0. The van der Waals surface area contributed by atoms with Crippen LogP contribution >= 0.6 is 0 Å². The molecule has 7 nitrogen and oxygen atoms in total. The van der Waals surface area contributed by atoms with Gasteiger partial charge in [0.05, 0.1) is 11.8 Å². The molecule has 0 atom stereocenters. The molecule has 1 aliphatic rings. The second-order valence-corrected chi connectivity index (χ2v) is 5.96. The summed E-state index contributed by atoms with van der Waals surface area (Å²) in [5.74, 6) is 0.952. The Balaban J connectivity index is 1.57. The van der Waals surface area contributed by atoms with Crippen LogP contribution in [0.3, 0.4) is 0 Å². The number of H-pyrrole nitrogens is 2. The molecule has 2 aromatic heterocycles. The molecule has 0 bridgehead atoms. The zero-order valence-electron chi connectivity index (χ0n) is 13.1. The van der Waals surface area contributed by atoms with Gasteiger partial charge in [0.1, 0.15) is 5.82 Å². The van der Waals surface area contributed by atoms with E-state index < -0.39 is 0 Å². The van der Waals surface area contributed by atoms with Crippen LogP contribution in [-0.2, 0) is 6.42 Å². The van der Waals surface area contributed by atoms with Gasteiger partial charge in [-0.1, -0.05) is 6.92 Å². The second kappa shape index (κ2) is 6.76. The molecule has 1 fully saturated rings. The van der Waals surface area contributed by atoms with Crippen LogP contribution in [0, 0.1) is 0 Å². The van der Waals surface area contributed by atoms with Crippen molar-refractivity contribution in [2.45, 2.75) is 51.0 Å². The van der Waals surface area contributed by atoms with Gasteiger partial charge in [-0.25, -0.2) is 4.98 Å². The van der Waals surface area contributed by atoms with Crippen molar-refractivity contribution in [3.63, 3.8) is 0 Å². The molecular weight excluding hydrogens is 294 g/mol. The SMILES string of the molecule is CCc1[nH]ncc1C(=O)NC1CCC(c2nccc(=O)[nH]2)CC1. The smallest absolute Gasteiger partial charge is 0.254 e. The molecule has 7 heteroatoms. The van der Waals surface area contributed by atoms with Crippen molar-refractivity contribution in [3.8, 4) is 0 Å². The quantitative estimate of drug-likeness (QED) is 0.795. The minimum atomic E-state index is -0.113. The fraction of sp³-hybridized carbons (Fsp3) is 0.500. The van der Waals surface area contributed by atoms with Crippen LogP contribution in [0.15, 0.2) is 23.3 Å². The molecule has 0 radical (unpaired) electrons. The molecule has 0 spiro atoms. The maximum absolute atomic E-state index is 12.3. The summed E-state index contributed by atoms with van der Waals surface area (Å²) >= 11 is 0. The first kappa shape index (κ1) is 15.5. The predicted molar refractivity (Wildman–Crippen MR) is 85.3 cm³/mol. The molecule has 122 valence electrons. The van der Waals surface area contributed by atoms with E-state index in [0.29, 0.717) is 5.56 Å². The Morgan fingerprint density at radius 3 is 2.83 bits per heavy atom. The summed E-state index contributed by atoms with van der Waals surface area (Å²) in [6.45, 7) is 1.99. The highest BCUT2D eigenvalue weighted by Gasteiger charge is 2.25. The lowest BCUT2D eigenvalue weighted by atomic mass is 9.85. The molecular formula is C16H21N5O2. The van der Waals surface area contributed by atoms with Crippen molar-refractivity contribution in [1.82, 2.24) is 25.5 Å². The first-order valence-corrected chi connectivity index (χ1v) is 8.05. The lowest BCUT2D eigenvalue weighted by Crippen LogP contribution is -2.37. The molecule has 23 heavy (non-hydrogen) atoms. The van der Waals surface area contributed by atoms with Gasteiger partial charge in [0, 0.05) is 29.9 Å². The molecule has 0 aromatic carbocycles. The predicted octanol–water partition coefficient (Wildman–Crippen LogP) is 1.51. The molecule has 1 aliphatic carbocycles. The van der Waals surface area contributed by atoms with Crippen LogP contribution in [-0.4, -0.2) is 32.1 Å². The van der Waals surface area contributed by atoms with Crippen molar-refractivity contribution >= 4 is 5.91 Å². The lowest BCUT2D eigenvalue weighted by molar-refractivity contribution is 0.0924. The summed E-state index contributed by atoms with van der Waals surface area (Å²) in [5.41, 5.74) is 1.38. The van der Waals surface area contributed by atoms with E-state index in [9.17, 15) is 9.59 Å². The fourth-order valence-electron chi connectivity index (χ4n) is 3.15. The van der Waals surface area contributed by atoms with Crippen LogP contribution in [0.5, 0.6) is 0 Å². The second-order valence-electron chi connectivity index (χ2n) is 5.96. The summed E-state index contributed by atoms with van der Waals surface area (Å²) in [6.07, 6.45) is 7.46. The van der Waals surface area contributed by atoms with Crippen LogP contribution in [0.2, 0.25) is 0 Å². The number of rotatable bonds is 4. The van der Waals surface area contributed by atoms with Crippen LogP contribution in [0.1, 0.15) is 60.4 Å². The van der Waals surface area contributed by atoms with E-state index in [1.807, 2.05) is 6.92 Å². The van der Waals surface area contributed by atoms with E-state index in [-0.39, 0.29) is 23.4 Å². The van der Waals surface area contributed by atoms with Crippen LogP contribution in [0.4, 0.5) is 0 Å². The average molecular weight is 315 g/mol. The van der Waals surface area contributed by atoms with E-state index in [0.717, 1.165) is 43.6 Å². The minimum absolute atomic E-state index is 0.0645. The third-order valence-electron chi connectivity index (χ3n) is 4.46. The number of aromatic amines is 2. The number of carbonyl (C=O) groups is 1. The van der Waals surface area contributed by atoms with Crippen molar-refractivity contribution < 1.29 is 4.79 Å². The number of hydrogen-bond donors (Lipinski definition) is 3. The molecule has 0 saturated heterocycles. The first-order chi connectivity index (χ1) is 11.2. The van der Waals surface area contributed by atoms with Gasteiger partial charge in [-0.15, -0.1) is 0 Å². The summed E-state index contributed by atoms with van der Waals surface area (Å²) < 4.78 is 0. The van der Waals surface area contributed by atoms with E-state index in [1.165, 1.54) is 6.07 Å². The summed E-state index contributed by atoms with van der Waals surface area (Å²) in [4.78, 5) is 30.8. The number of carbonyl (C=O) groups excluding carboxylic acids is 1. The molecule has 3 N–H and O–H groups in total. The van der Waals surface area contributed by atoms with Gasteiger partial charge in [0.25, 0.3) is 11.5 Å². The minimum Gasteiger partial charge on any atom is -0.349 e. The highest BCUT2D eigenvalue weighted by Crippen LogP contribution is 2.30. The third kappa shape index (κ3) is 3.49. The zero-order chi connectivity index (χ0) is 16.2. The van der Waals surface area contributed by atoms with Crippen molar-refractivity contribution in [3.05, 3.63) is 45.9 Å². The summed E-state index contributed by atoms with van der Waals surface area (Å²) in [5, 5.41) is 9.88. The molecule has 2 heterocycles. The number of amides is 1. The van der Waals surface area contributed by atoms with Gasteiger partial charge in [-0.05, 0) is 32.1 Å². The number of aryl methyl sites for hydroxylation is 1. The van der Waals surface area contributed by atoms with Crippen LogP contribution < -0.4 is 10.9 Å². The van der Waals surface area contributed by atoms with E-state index in [1.54, 1.807) is 12.4 Å². The Labute approximate surface area is 133 Å². The average Bonchev–Trinajstić information content (AvgIpc) is 3.04. The zero-order valence-corrected chi connectivity index (χ0v) is 13.1. The molecule has 3 rings (SSSR count).